The van der Waals surface area contributed by atoms with Gasteiger partial charge in [-0.1, -0.05) is 23.8 Å². The molecule has 0 bridgehead atoms. The van der Waals surface area contributed by atoms with Gasteiger partial charge in [-0.25, -0.2) is 13.1 Å². The highest BCUT2D eigenvalue weighted by atomic mass is 32.2. The maximum Gasteiger partial charge on any atom is 0.240 e. The number of hydrogen-bond acceptors (Lipinski definition) is 2. The number of rotatable bonds is 4. The van der Waals surface area contributed by atoms with Crippen LogP contribution in [-0.4, -0.2) is 13.4 Å². The molecule has 1 aliphatic carbocycles. The van der Waals surface area contributed by atoms with Gasteiger partial charge >= 0.3 is 0 Å². The standard InChI is InChI=1S/C20H22N2O2S/c1-14-6-9-16(10-7-14)25(23,24)21-13-15-8-11-20-18(12-15)17-4-2-3-5-19(17)22-20/h6-12,21-22H,2-5,13H2,1H3. The van der Waals surface area contributed by atoms with Crippen LogP contribution in [0.3, 0.4) is 0 Å². The van der Waals surface area contributed by atoms with Gasteiger partial charge in [-0.2, -0.15) is 0 Å². The summed E-state index contributed by atoms with van der Waals surface area (Å²) in [5.41, 5.74) is 5.93. The molecule has 0 atom stereocenters. The molecule has 0 radical (unpaired) electrons. The van der Waals surface area contributed by atoms with Crippen LogP contribution in [0.4, 0.5) is 0 Å². The van der Waals surface area contributed by atoms with E-state index in [1.807, 2.05) is 25.1 Å². The molecule has 130 valence electrons. The van der Waals surface area contributed by atoms with Crippen molar-refractivity contribution in [1.29, 1.82) is 0 Å². The molecule has 0 aliphatic heterocycles. The van der Waals surface area contributed by atoms with Gasteiger partial charge < -0.3 is 4.98 Å². The molecule has 5 heteroatoms. The van der Waals surface area contributed by atoms with Crippen molar-refractivity contribution in [3.8, 4) is 0 Å². The van der Waals surface area contributed by atoms with Gasteiger partial charge in [0.15, 0.2) is 0 Å². The normalized spacial score (nSPS) is 14.6. The molecular weight excluding hydrogens is 332 g/mol. The summed E-state index contributed by atoms with van der Waals surface area (Å²) in [6.07, 6.45) is 4.68. The van der Waals surface area contributed by atoms with Crippen molar-refractivity contribution < 1.29 is 8.42 Å². The first-order valence-corrected chi connectivity index (χ1v) is 10.2. The van der Waals surface area contributed by atoms with Crippen LogP contribution in [0.25, 0.3) is 10.9 Å². The van der Waals surface area contributed by atoms with E-state index in [0.717, 1.165) is 29.5 Å². The maximum atomic E-state index is 12.4. The fourth-order valence-electron chi connectivity index (χ4n) is 3.54. The van der Waals surface area contributed by atoms with Crippen molar-refractivity contribution in [2.24, 2.45) is 0 Å². The van der Waals surface area contributed by atoms with Crippen LogP contribution in [0.1, 0.15) is 35.2 Å². The van der Waals surface area contributed by atoms with Gasteiger partial charge in [-0.05, 0) is 68.0 Å². The summed E-state index contributed by atoms with van der Waals surface area (Å²) < 4.78 is 27.6. The zero-order valence-electron chi connectivity index (χ0n) is 14.3. The van der Waals surface area contributed by atoms with Gasteiger partial charge in [-0.3, -0.25) is 0 Å². The number of aromatic amines is 1. The van der Waals surface area contributed by atoms with Crippen LogP contribution in [0.5, 0.6) is 0 Å². The lowest BCUT2D eigenvalue weighted by atomic mass is 9.95. The monoisotopic (exact) mass is 354 g/mol. The van der Waals surface area contributed by atoms with Crippen LogP contribution in [0, 0.1) is 6.92 Å². The average molecular weight is 354 g/mol. The number of sulfonamides is 1. The van der Waals surface area contributed by atoms with Crippen molar-refractivity contribution in [1.82, 2.24) is 9.71 Å². The number of fused-ring (bicyclic) bond motifs is 3. The average Bonchev–Trinajstić information content (AvgIpc) is 2.98. The molecule has 1 aromatic heterocycles. The zero-order chi connectivity index (χ0) is 17.4. The second kappa shape index (κ2) is 6.32. The van der Waals surface area contributed by atoms with Crippen LogP contribution in [0.2, 0.25) is 0 Å². The van der Waals surface area contributed by atoms with Crippen LogP contribution in [0.15, 0.2) is 47.4 Å². The second-order valence-corrected chi connectivity index (χ2v) is 8.57. The molecule has 2 aromatic carbocycles. The number of benzene rings is 2. The van der Waals surface area contributed by atoms with Gasteiger partial charge in [-0.15, -0.1) is 0 Å². The van der Waals surface area contributed by atoms with Crippen molar-refractivity contribution in [3.05, 3.63) is 64.8 Å². The Morgan fingerprint density at radius 2 is 1.80 bits per heavy atom. The van der Waals surface area contributed by atoms with Gasteiger partial charge in [0.1, 0.15) is 0 Å². The SMILES string of the molecule is Cc1ccc(S(=O)(=O)NCc2ccc3[nH]c4c(c3c2)CCCC4)cc1. The highest BCUT2D eigenvalue weighted by Gasteiger charge is 2.17. The molecule has 1 aliphatic rings. The number of hydrogen-bond donors (Lipinski definition) is 2. The molecule has 0 saturated carbocycles. The van der Waals surface area contributed by atoms with E-state index in [1.165, 1.54) is 29.5 Å². The highest BCUT2D eigenvalue weighted by molar-refractivity contribution is 7.89. The number of aromatic nitrogens is 1. The predicted molar refractivity (Wildman–Crippen MR) is 100 cm³/mol. The third-order valence-corrected chi connectivity index (χ3v) is 6.38. The number of aryl methyl sites for hydroxylation is 3. The zero-order valence-corrected chi connectivity index (χ0v) is 15.1. The Balaban J connectivity index is 1.57. The van der Waals surface area contributed by atoms with E-state index < -0.39 is 10.0 Å². The lowest BCUT2D eigenvalue weighted by Gasteiger charge is -2.11. The molecule has 0 amide bonds. The largest absolute Gasteiger partial charge is 0.358 e. The fourth-order valence-corrected chi connectivity index (χ4v) is 4.56. The Morgan fingerprint density at radius 1 is 1.04 bits per heavy atom. The van der Waals surface area contributed by atoms with Crippen molar-refractivity contribution in [2.75, 3.05) is 0 Å². The van der Waals surface area contributed by atoms with E-state index in [-0.39, 0.29) is 0 Å². The van der Waals surface area contributed by atoms with E-state index in [2.05, 4.69) is 21.8 Å². The fraction of sp³-hybridized carbons (Fsp3) is 0.300. The highest BCUT2D eigenvalue weighted by Crippen LogP contribution is 2.29. The summed E-state index contributed by atoms with van der Waals surface area (Å²) in [6, 6.07) is 13.1. The van der Waals surface area contributed by atoms with E-state index in [0.29, 0.717) is 11.4 Å². The van der Waals surface area contributed by atoms with E-state index in [4.69, 9.17) is 0 Å². The smallest absolute Gasteiger partial charge is 0.240 e. The number of nitrogens with one attached hydrogen (secondary N) is 2. The minimum Gasteiger partial charge on any atom is -0.358 e. The molecule has 25 heavy (non-hydrogen) atoms. The molecule has 1 heterocycles. The van der Waals surface area contributed by atoms with E-state index in [9.17, 15) is 8.42 Å². The molecule has 0 saturated heterocycles. The minimum absolute atomic E-state index is 0.298. The van der Waals surface area contributed by atoms with Crippen molar-refractivity contribution in [3.63, 3.8) is 0 Å². The van der Waals surface area contributed by atoms with Crippen LogP contribution in [-0.2, 0) is 29.4 Å². The summed E-state index contributed by atoms with van der Waals surface area (Å²) in [5.74, 6) is 0. The van der Waals surface area contributed by atoms with Crippen LogP contribution < -0.4 is 4.72 Å². The van der Waals surface area contributed by atoms with Crippen molar-refractivity contribution in [2.45, 2.75) is 44.0 Å². The van der Waals surface area contributed by atoms with Gasteiger partial charge in [0.05, 0.1) is 4.90 Å². The molecule has 0 unspecified atom stereocenters. The molecule has 4 nitrogen and oxygen atoms in total. The van der Waals surface area contributed by atoms with E-state index >= 15 is 0 Å². The summed E-state index contributed by atoms with van der Waals surface area (Å²) in [7, 11) is -3.49. The number of H-pyrrole nitrogens is 1. The summed E-state index contributed by atoms with van der Waals surface area (Å²) in [5, 5.41) is 1.24. The lowest BCUT2D eigenvalue weighted by Crippen LogP contribution is -2.23. The van der Waals surface area contributed by atoms with Gasteiger partial charge in [0, 0.05) is 23.1 Å². The summed E-state index contributed by atoms with van der Waals surface area (Å²) in [6.45, 7) is 2.24. The summed E-state index contributed by atoms with van der Waals surface area (Å²) >= 11 is 0. The molecule has 2 N–H and O–H groups in total. The molecular formula is C20H22N2O2S. The Labute approximate surface area is 148 Å². The molecule has 0 spiro atoms. The Hall–Kier alpha value is -2.11. The van der Waals surface area contributed by atoms with Gasteiger partial charge in [0.25, 0.3) is 0 Å². The van der Waals surface area contributed by atoms with Gasteiger partial charge in [0.2, 0.25) is 10.0 Å². The van der Waals surface area contributed by atoms with Crippen molar-refractivity contribution >= 4 is 20.9 Å². The second-order valence-electron chi connectivity index (χ2n) is 6.81. The Morgan fingerprint density at radius 3 is 2.60 bits per heavy atom. The first-order valence-electron chi connectivity index (χ1n) is 8.72. The third-order valence-electron chi connectivity index (χ3n) is 4.96. The first-order chi connectivity index (χ1) is 12.0. The molecule has 3 aromatic rings. The Kier molecular flexibility index (Phi) is 4.13. The lowest BCUT2D eigenvalue weighted by molar-refractivity contribution is 0.581. The van der Waals surface area contributed by atoms with E-state index in [1.54, 1.807) is 12.1 Å². The minimum atomic E-state index is -3.49. The predicted octanol–water partition coefficient (Wildman–Crippen LogP) is 3.83. The topological polar surface area (TPSA) is 62.0 Å². The first kappa shape index (κ1) is 16.4. The Bertz CT molecular complexity index is 1020. The molecule has 0 fully saturated rings. The maximum absolute atomic E-state index is 12.4. The molecule has 4 rings (SSSR count). The van der Waals surface area contributed by atoms with Crippen LogP contribution >= 0.6 is 0 Å². The quantitative estimate of drug-likeness (QED) is 0.748. The summed E-state index contributed by atoms with van der Waals surface area (Å²) in [4.78, 5) is 3.81. The third kappa shape index (κ3) is 3.22.